The van der Waals surface area contributed by atoms with Crippen molar-refractivity contribution in [3.8, 4) is 0 Å². The molecule has 1 amide bonds. The molecule has 6 heteroatoms. The van der Waals surface area contributed by atoms with E-state index in [0.29, 0.717) is 5.56 Å². The van der Waals surface area contributed by atoms with Crippen LogP contribution < -0.4 is 14.9 Å². The van der Waals surface area contributed by atoms with Crippen LogP contribution in [0.3, 0.4) is 0 Å². The molecule has 0 saturated heterocycles. The molecule has 112 valence electrons. The maximum atomic E-state index is 11.0. The Hall–Kier alpha value is -3.02. The number of amides is 1. The molecule has 0 aromatic carbocycles. The molecular weight excluding hydrogens is 280 g/mol. The minimum atomic E-state index is -0.422. The Balaban J connectivity index is 1.86. The Morgan fingerprint density at radius 3 is 2.00 bits per heavy atom. The number of primary amides is 1. The number of carbonyl (C=O) groups excluding carboxylic acids is 1. The van der Waals surface area contributed by atoms with Crippen LogP contribution in [0.25, 0.3) is 0 Å². The first kappa shape index (κ1) is 15.4. The molecule has 0 aliphatic heterocycles. The van der Waals surface area contributed by atoms with Gasteiger partial charge >= 0.3 is 0 Å². The minimum absolute atomic E-state index is 0.422. The average Bonchev–Trinajstić information content (AvgIpc) is 2.54. The first-order valence-electron chi connectivity index (χ1n) is 6.79. The second kappa shape index (κ2) is 7.68. The topological polar surface area (TPSA) is 83.4 Å². The lowest BCUT2D eigenvalue weighted by Crippen LogP contribution is -2.33. The van der Waals surface area contributed by atoms with E-state index in [9.17, 15) is 4.79 Å². The zero-order valence-electron chi connectivity index (χ0n) is 12.0. The molecule has 0 atom stereocenters. The van der Waals surface area contributed by atoms with Crippen LogP contribution in [-0.2, 0) is 13.1 Å². The van der Waals surface area contributed by atoms with E-state index >= 15 is 0 Å². The molecule has 6 nitrogen and oxygen atoms in total. The molecule has 0 spiro atoms. The van der Waals surface area contributed by atoms with Crippen LogP contribution in [0.5, 0.6) is 0 Å². The molecule has 2 heterocycles. The summed E-state index contributed by atoms with van der Waals surface area (Å²) < 4.78 is 3.96. The fraction of sp³-hybridized carbons (Fsp3) is 0.125. The predicted molar refractivity (Wildman–Crippen MR) is 80.3 cm³/mol. The van der Waals surface area contributed by atoms with Crippen molar-refractivity contribution in [2.45, 2.75) is 13.1 Å². The molecule has 3 N–H and O–H groups in total. The Bertz CT molecular complexity index is 676. The molecule has 22 heavy (non-hydrogen) atoms. The van der Waals surface area contributed by atoms with E-state index in [4.69, 9.17) is 10.9 Å². The van der Waals surface area contributed by atoms with Crippen LogP contribution >= 0.6 is 0 Å². The summed E-state index contributed by atoms with van der Waals surface area (Å²) in [7, 11) is 0. The number of nitrogens with two attached hydrogens (primary N) is 1. The summed E-state index contributed by atoms with van der Waals surface area (Å²) in [5.74, 6) is -0.422. The monoisotopic (exact) mass is 298 g/mol. The summed E-state index contributed by atoms with van der Waals surface area (Å²) >= 11 is 0. The Kier molecular flexibility index (Phi) is 5.37. The lowest BCUT2D eigenvalue weighted by molar-refractivity contribution is -0.691. The highest BCUT2D eigenvalue weighted by molar-refractivity contribution is 5.92. The summed E-state index contributed by atoms with van der Waals surface area (Å²) in [6.45, 7) is 1.46. The molecule has 0 bridgehead atoms. The molecule has 2 aromatic heterocycles. The zero-order chi connectivity index (χ0) is 15.8. The highest BCUT2D eigenvalue weighted by Crippen LogP contribution is 1.93. The Morgan fingerprint density at radius 2 is 1.55 bits per heavy atom. The molecule has 0 radical (unpaired) electrons. The predicted octanol–water partition coefficient (Wildman–Crippen LogP) is 0.425. The molecular formula is C16H18N4O2+2. The first-order chi connectivity index (χ1) is 10.7. The van der Waals surface area contributed by atoms with Gasteiger partial charge in [0.1, 0.15) is 0 Å². The normalized spacial score (nSPS) is 11.3. The third-order valence-electron chi connectivity index (χ3n) is 3.10. The number of pyridine rings is 2. The minimum Gasteiger partial charge on any atom is -0.411 e. The van der Waals surface area contributed by atoms with Gasteiger partial charge in [-0.15, -0.1) is 0 Å². The van der Waals surface area contributed by atoms with Gasteiger partial charge in [0.05, 0.1) is 11.8 Å². The van der Waals surface area contributed by atoms with E-state index in [2.05, 4.69) is 11.2 Å². The SMILES string of the molecule is NC(=O)c1cc[n+](C/C=C\C[n+]2ccc(/C=N/O)cc2)cc1. The maximum absolute atomic E-state index is 11.0. The summed E-state index contributed by atoms with van der Waals surface area (Å²) in [4.78, 5) is 11.0. The van der Waals surface area contributed by atoms with Crippen LogP contribution in [0.1, 0.15) is 15.9 Å². The van der Waals surface area contributed by atoms with Crippen molar-refractivity contribution in [2.24, 2.45) is 10.9 Å². The first-order valence-corrected chi connectivity index (χ1v) is 6.79. The number of allylic oxidation sites excluding steroid dienone is 2. The number of hydrogen-bond acceptors (Lipinski definition) is 3. The van der Waals surface area contributed by atoms with Crippen LogP contribution in [0.2, 0.25) is 0 Å². The van der Waals surface area contributed by atoms with E-state index in [1.165, 1.54) is 6.21 Å². The Morgan fingerprint density at radius 1 is 1.05 bits per heavy atom. The van der Waals surface area contributed by atoms with Crippen LogP contribution in [0, 0.1) is 0 Å². The fourth-order valence-electron chi connectivity index (χ4n) is 1.88. The molecule has 0 aliphatic carbocycles. The summed E-state index contributed by atoms with van der Waals surface area (Å²) in [5, 5.41) is 11.4. The van der Waals surface area contributed by atoms with Crippen molar-refractivity contribution in [1.82, 2.24) is 0 Å². The lowest BCUT2D eigenvalue weighted by Gasteiger charge is -1.95. The van der Waals surface area contributed by atoms with E-state index in [-0.39, 0.29) is 0 Å². The van der Waals surface area contributed by atoms with Gasteiger partial charge in [-0.05, 0) is 12.2 Å². The summed E-state index contributed by atoms with van der Waals surface area (Å²) in [6.07, 6.45) is 12.9. The lowest BCUT2D eigenvalue weighted by atomic mass is 10.2. The third-order valence-corrected chi connectivity index (χ3v) is 3.10. The summed E-state index contributed by atoms with van der Waals surface area (Å²) in [5.41, 5.74) is 6.54. The zero-order valence-corrected chi connectivity index (χ0v) is 12.0. The number of oxime groups is 1. The molecule has 2 rings (SSSR count). The van der Waals surface area contributed by atoms with Crippen molar-refractivity contribution < 1.29 is 19.1 Å². The van der Waals surface area contributed by atoms with E-state index in [1.54, 1.807) is 12.1 Å². The highest BCUT2D eigenvalue weighted by atomic mass is 16.4. The van der Waals surface area contributed by atoms with Crippen molar-refractivity contribution in [2.75, 3.05) is 0 Å². The van der Waals surface area contributed by atoms with Crippen molar-refractivity contribution in [3.05, 3.63) is 72.3 Å². The second-order valence-electron chi connectivity index (χ2n) is 4.69. The molecule has 2 aromatic rings. The maximum Gasteiger partial charge on any atom is 0.249 e. The molecule has 0 unspecified atom stereocenters. The quantitative estimate of drug-likeness (QED) is 0.266. The number of carbonyl (C=O) groups is 1. The number of hydrogen-bond donors (Lipinski definition) is 2. The van der Waals surface area contributed by atoms with Crippen LogP contribution in [0.15, 0.2) is 66.4 Å². The van der Waals surface area contributed by atoms with Crippen molar-refractivity contribution >= 4 is 12.1 Å². The fourth-order valence-corrected chi connectivity index (χ4v) is 1.88. The van der Waals surface area contributed by atoms with Gasteiger partial charge in [0.25, 0.3) is 0 Å². The van der Waals surface area contributed by atoms with Crippen molar-refractivity contribution in [3.63, 3.8) is 0 Å². The van der Waals surface area contributed by atoms with Gasteiger partial charge in [0.15, 0.2) is 37.9 Å². The van der Waals surface area contributed by atoms with Crippen LogP contribution in [0.4, 0.5) is 0 Å². The second-order valence-corrected chi connectivity index (χ2v) is 4.69. The highest BCUT2D eigenvalue weighted by Gasteiger charge is 2.03. The van der Waals surface area contributed by atoms with E-state index < -0.39 is 5.91 Å². The average molecular weight is 298 g/mol. The van der Waals surface area contributed by atoms with Gasteiger partial charge in [-0.1, -0.05) is 5.16 Å². The third kappa shape index (κ3) is 4.52. The molecule has 0 fully saturated rings. The van der Waals surface area contributed by atoms with E-state index in [1.807, 2.05) is 52.1 Å². The Labute approximate surface area is 128 Å². The smallest absolute Gasteiger partial charge is 0.249 e. The molecule has 0 aliphatic rings. The van der Waals surface area contributed by atoms with Gasteiger partial charge in [0, 0.05) is 29.8 Å². The number of aromatic nitrogens is 2. The number of rotatable bonds is 6. The molecule has 0 saturated carbocycles. The largest absolute Gasteiger partial charge is 0.411 e. The van der Waals surface area contributed by atoms with Crippen molar-refractivity contribution in [1.29, 1.82) is 0 Å². The van der Waals surface area contributed by atoms with Gasteiger partial charge < -0.3 is 10.9 Å². The van der Waals surface area contributed by atoms with Gasteiger partial charge in [0.2, 0.25) is 5.91 Å². The summed E-state index contributed by atoms with van der Waals surface area (Å²) in [6, 6.07) is 7.13. The van der Waals surface area contributed by atoms with Crippen LogP contribution in [-0.4, -0.2) is 17.3 Å². The number of nitrogens with zero attached hydrogens (tertiary/aromatic N) is 3. The van der Waals surface area contributed by atoms with Gasteiger partial charge in [-0.2, -0.15) is 0 Å². The van der Waals surface area contributed by atoms with Gasteiger partial charge in [-0.3, -0.25) is 4.79 Å². The van der Waals surface area contributed by atoms with E-state index in [0.717, 1.165) is 18.7 Å². The standard InChI is InChI=1S/C16H16N4O2/c17-16(21)15-5-11-20(12-6-15)8-2-1-7-19-9-3-14(4-10-19)13-18-22/h1-6,9-13H,7-8H2,(H-,17,21)/p+2/b2-1-. The van der Waals surface area contributed by atoms with Gasteiger partial charge in [-0.25, -0.2) is 9.13 Å².